The second-order valence-corrected chi connectivity index (χ2v) is 6.78. The maximum absolute atomic E-state index is 10.2. The predicted molar refractivity (Wildman–Crippen MR) is 83.9 cm³/mol. The molecule has 1 aliphatic rings. The lowest BCUT2D eigenvalue weighted by Crippen LogP contribution is -2.22. The third-order valence-corrected chi connectivity index (χ3v) is 5.11. The summed E-state index contributed by atoms with van der Waals surface area (Å²) < 4.78 is 0. The van der Waals surface area contributed by atoms with E-state index in [0.717, 1.165) is 57.8 Å². The van der Waals surface area contributed by atoms with Crippen LogP contribution in [0.3, 0.4) is 0 Å². The number of unbranched alkanes of at least 4 members (excludes halogenated alkanes) is 2. The molecule has 2 unspecified atom stereocenters. The normalized spacial score (nSPS) is 30.7. The summed E-state index contributed by atoms with van der Waals surface area (Å²) in [7, 11) is 0. The van der Waals surface area contributed by atoms with Gasteiger partial charge in [-0.3, -0.25) is 0 Å². The first-order valence-corrected chi connectivity index (χ1v) is 8.68. The molecule has 0 radical (unpaired) electrons. The Bertz CT molecular complexity index is 259. The van der Waals surface area contributed by atoms with E-state index >= 15 is 0 Å². The van der Waals surface area contributed by atoms with E-state index in [1.54, 1.807) is 0 Å². The Hall–Kier alpha value is -0.160. The van der Waals surface area contributed by atoms with Crippen molar-refractivity contribution in [1.29, 1.82) is 0 Å². The number of rotatable bonds is 11. The first-order valence-electron chi connectivity index (χ1n) is 8.68. The molecule has 126 valence electrons. The van der Waals surface area contributed by atoms with Crippen molar-refractivity contribution in [3.63, 3.8) is 0 Å². The average molecular weight is 302 g/mol. The molecule has 1 fully saturated rings. The molecule has 1 aliphatic carbocycles. The largest absolute Gasteiger partial charge is 0.396 e. The third kappa shape index (κ3) is 6.64. The molecule has 0 heterocycles. The summed E-state index contributed by atoms with van der Waals surface area (Å²) in [6, 6.07) is 0. The molecular formula is C17H34O4. The van der Waals surface area contributed by atoms with Crippen LogP contribution in [0.5, 0.6) is 0 Å². The minimum Gasteiger partial charge on any atom is -0.396 e. The van der Waals surface area contributed by atoms with Crippen LogP contribution in [0.25, 0.3) is 0 Å². The van der Waals surface area contributed by atoms with E-state index in [2.05, 4.69) is 6.92 Å². The van der Waals surface area contributed by atoms with Gasteiger partial charge in [-0.15, -0.1) is 0 Å². The molecule has 0 spiro atoms. The molecule has 1 saturated carbocycles. The molecule has 0 bridgehead atoms. The fourth-order valence-electron chi connectivity index (χ4n) is 3.87. The van der Waals surface area contributed by atoms with Gasteiger partial charge in [-0.05, 0) is 62.7 Å². The SMILES string of the molecule is C[C@@H]1C[C@H](O)[C@H](CCCO)C1CCC(O)CCCCCO. The molecule has 1 rings (SSSR count). The van der Waals surface area contributed by atoms with E-state index in [4.69, 9.17) is 10.2 Å². The second-order valence-electron chi connectivity index (χ2n) is 6.78. The van der Waals surface area contributed by atoms with Crippen LogP contribution in [-0.4, -0.2) is 45.8 Å². The van der Waals surface area contributed by atoms with Crippen molar-refractivity contribution < 1.29 is 20.4 Å². The predicted octanol–water partition coefficient (Wildman–Crippen LogP) is 2.09. The molecule has 4 heteroatoms. The van der Waals surface area contributed by atoms with E-state index < -0.39 is 0 Å². The smallest absolute Gasteiger partial charge is 0.0573 e. The molecular weight excluding hydrogens is 268 g/mol. The molecule has 0 aromatic heterocycles. The maximum Gasteiger partial charge on any atom is 0.0573 e. The van der Waals surface area contributed by atoms with Crippen molar-refractivity contribution in [2.75, 3.05) is 13.2 Å². The Morgan fingerprint density at radius 1 is 0.905 bits per heavy atom. The Morgan fingerprint density at radius 3 is 2.29 bits per heavy atom. The van der Waals surface area contributed by atoms with Crippen LogP contribution in [-0.2, 0) is 0 Å². The monoisotopic (exact) mass is 302 g/mol. The van der Waals surface area contributed by atoms with Crippen molar-refractivity contribution >= 4 is 0 Å². The lowest BCUT2D eigenvalue weighted by atomic mass is 9.82. The quantitative estimate of drug-likeness (QED) is 0.441. The van der Waals surface area contributed by atoms with Crippen LogP contribution in [0.4, 0.5) is 0 Å². The van der Waals surface area contributed by atoms with Gasteiger partial charge >= 0.3 is 0 Å². The van der Waals surface area contributed by atoms with E-state index in [-0.39, 0.29) is 31.3 Å². The summed E-state index contributed by atoms with van der Waals surface area (Å²) in [5, 5.41) is 37.9. The van der Waals surface area contributed by atoms with E-state index in [0.29, 0.717) is 11.8 Å². The van der Waals surface area contributed by atoms with Gasteiger partial charge in [-0.1, -0.05) is 19.8 Å². The molecule has 0 aliphatic heterocycles. The highest BCUT2D eigenvalue weighted by atomic mass is 16.3. The van der Waals surface area contributed by atoms with Gasteiger partial charge in [0, 0.05) is 13.2 Å². The van der Waals surface area contributed by atoms with E-state index in [1.807, 2.05) is 0 Å². The Kier molecular flexibility index (Phi) is 9.49. The minimum absolute atomic E-state index is 0.192. The van der Waals surface area contributed by atoms with Crippen LogP contribution >= 0.6 is 0 Å². The lowest BCUT2D eigenvalue weighted by molar-refractivity contribution is 0.0923. The van der Waals surface area contributed by atoms with Gasteiger partial charge in [0.05, 0.1) is 12.2 Å². The zero-order chi connectivity index (χ0) is 15.7. The molecule has 0 aromatic carbocycles. The Labute approximate surface area is 129 Å². The van der Waals surface area contributed by atoms with Crippen molar-refractivity contribution in [2.45, 2.75) is 76.9 Å². The summed E-state index contributed by atoms with van der Waals surface area (Å²) >= 11 is 0. The fourth-order valence-corrected chi connectivity index (χ4v) is 3.87. The summed E-state index contributed by atoms with van der Waals surface area (Å²) in [6.07, 6.45) is 7.36. The van der Waals surface area contributed by atoms with Crippen molar-refractivity contribution in [3.8, 4) is 0 Å². The van der Waals surface area contributed by atoms with Gasteiger partial charge in [0.1, 0.15) is 0 Å². The molecule has 4 nitrogen and oxygen atoms in total. The number of hydrogen-bond acceptors (Lipinski definition) is 4. The highest BCUT2D eigenvalue weighted by Crippen LogP contribution is 2.42. The zero-order valence-corrected chi connectivity index (χ0v) is 13.5. The molecule has 5 atom stereocenters. The first kappa shape index (κ1) is 18.9. The Balaban J connectivity index is 2.30. The van der Waals surface area contributed by atoms with Crippen LogP contribution in [0.2, 0.25) is 0 Å². The van der Waals surface area contributed by atoms with Crippen molar-refractivity contribution in [3.05, 3.63) is 0 Å². The van der Waals surface area contributed by atoms with Crippen molar-refractivity contribution in [2.24, 2.45) is 17.8 Å². The summed E-state index contributed by atoms with van der Waals surface area (Å²) in [5.74, 6) is 1.26. The molecule has 0 aromatic rings. The Morgan fingerprint density at radius 2 is 1.62 bits per heavy atom. The van der Waals surface area contributed by atoms with Crippen LogP contribution < -0.4 is 0 Å². The second kappa shape index (κ2) is 10.5. The van der Waals surface area contributed by atoms with Gasteiger partial charge in [-0.25, -0.2) is 0 Å². The first-order chi connectivity index (χ1) is 10.1. The fraction of sp³-hybridized carbons (Fsp3) is 1.00. The number of aliphatic hydroxyl groups excluding tert-OH is 4. The lowest BCUT2D eigenvalue weighted by Gasteiger charge is -2.25. The summed E-state index contributed by atoms with van der Waals surface area (Å²) in [4.78, 5) is 0. The summed E-state index contributed by atoms with van der Waals surface area (Å²) in [5.41, 5.74) is 0. The molecule has 21 heavy (non-hydrogen) atoms. The standard InChI is InChI=1S/C17H34O4/c1-13-12-17(21)16(7-5-11-19)15(13)9-8-14(20)6-3-2-4-10-18/h13-21H,2-12H2,1H3/t13-,14?,15?,16-,17+/m1/s1. The van der Waals surface area contributed by atoms with Crippen LogP contribution in [0.15, 0.2) is 0 Å². The van der Waals surface area contributed by atoms with E-state index in [9.17, 15) is 10.2 Å². The average Bonchev–Trinajstić information content (AvgIpc) is 2.73. The number of hydrogen-bond donors (Lipinski definition) is 4. The van der Waals surface area contributed by atoms with E-state index in [1.165, 1.54) is 0 Å². The molecule has 0 amide bonds. The topological polar surface area (TPSA) is 80.9 Å². The van der Waals surface area contributed by atoms with Gasteiger partial charge in [0.25, 0.3) is 0 Å². The van der Waals surface area contributed by atoms with Gasteiger partial charge in [-0.2, -0.15) is 0 Å². The molecule has 4 N–H and O–H groups in total. The van der Waals surface area contributed by atoms with Crippen molar-refractivity contribution in [1.82, 2.24) is 0 Å². The van der Waals surface area contributed by atoms with Gasteiger partial charge < -0.3 is 20.4 Å². The summed E-state index contributed by atoms with van der Waals surface area (Å²) in [6.45, 7) is 2.62. The highest BCUT2D eigenvalue weighted by Gasteiger charge is 2.39. The van der Waals surface area contributed by atoms with Gasteiger partial charge in [0.2, 0.25) is 0 Å². The molecule has 0 saturated heterocycles. The highest BCUT2D eigenvalue weighted by molar-refractivity contribution is 4.89. The van der Waals surface area contributed by atoms with Crippen LogP contribution in [0.1, 0.15) is 64.7 Å². The van der Waals surface area contributed by atoms with Gasteiger partial charge in [0.15, 0.2) is 0 Å². The zero-order valence-electron chi connectivity index (χ0n) is 13.5. The minimum atomic E-state index is -0.257. The number of aliphatic hydroxyl groups is 4. The van der Waals surface area contributed by atoms with Crippen LogP contribution in [0, 0.1) is 17.8 Å². The third-order valence-electron chi connectivity index (χ3n) is 5.11. The maximum atomic E-state index is 10.2.